The molecule has 0 unspecified atom stereocenters. The number of pyridine rings is 1. The number of rotatable bonds is 6. The largest absolute Gasteiger partial charge is 0.491 e. The lowest BCUT2D eigenvalue weighted by Gasteiger charge is -2.08. The van der Waals surface area contributed by atoms with Gasteiger partial charge >= 0.3 is 0 Å². The van der Waals surface area contributed by atoms with Crippen LogP contribution in [0.4, 0.5) is 17.2 Å². The van der Waals surface area contributed by atoms with Gasteiger partial charge in [-0.3, -0.25) is 10.1 Å². The maximum atomic E-state index is 10.7. The minimum Gasteiger partial charge on any atom is -0.491 e. The van der Waals surface area contributed by atoms with Crippen LogP contribution in [0.25, 0.3) is 0 Å². The van der Waals surface area contributed by atoms with Crippen LogP contribution in [-0.2, 0) is 0 Å². The van der Waals surface area contributed by atoms with Crippen LogP contribution >= 0.6 is 0 Å². The second-order valence-corrected chi connectivity index (χ2v) is 4.33. The summed E-state index contributed by atoms with van der Waals surface area (Å²) in [7, 11) is 0. The Bertz CT molecular complexity index is 629. The first-order valence-electron chi connectivity index (χ1n) is 6.32. The number of nitrogens with one attached hydrogen (secondary N) is 1. The molecule has 0 atom stereocenters. The predicted molar refractivity (Wildman–Crippen MR) is 77.9 cm³/mol. The molecule has 0 saturated heterocycles. The van der Waals surface area contributed by atoms with Crippen molar-refractivity contribution < 1.29 is 14.8 Å². The number of aliphatic hydroxyl groups excluding tert-OH is 1. The lowest BCUT2D eigenvalue weighted by molar-refractivity contribution is -0.385. The van der Waals surface area contributed by atoms with Crippen LogP contribution in [0.1, 0.15) is 5.56 Å². The van der Waals surface area contributed by atoms with Crippen LogP contribution in [0.5, 0.6) is 5.75 Å². The molecule has 0 spiro atoms. The summed E-state index contributed by atoms with van der Waals surface area (Å²) in [5.41, 5.74) is 1.32. The highest BCUT2D eigenvalue weighted by Crippen LogP contribution is 2.23. The van der Waals surface area contributed by atoms with Gasteiger partial charge in [0.25, 0.3) is 5.69 Å². The van der Waals surface area contributed by atoms with E-state index in [-0.39, 0.29) is 18.9 Å². The topological polar surface area (TPSA) is 97.5 Å². The average molecular weight is 289 g/mol. The number of aliphatic hydroxyl groups is 1. The maximum absolute atomic E-state index is 10.7. The van der Waals surface area contributed by atoms with Crippen molar-refractivity contribution in [3.63, 3.8) is 0 Å². The van der Waals surface area contributed by atoms with Gasteiger partial charge in [0.05, 0.1) is 11.5 Å². The molecule has 0 amide bonds. The number of aryl methyl sites for hydroxylation is 1. The Balaban J connectivity index is 2.07. The van der Waals surface area contributed by atoms with Crippen LogP contribution in [0, 0.1) is 17.0 Å². The summed E-state index contributed by atoms with van der Waals surface area (Å²) < 4.78 is 5.25. The minimum atomic E-state index is -0.459. The molecule has 7 nitrogen and oxygen atoms in total. The van der Waals surface area contributed by atoms with E-state index in [9.17, 15) is 10.1 Å². The van der Waals surface area contributed by atoms with Crippen molar-refractivity contribution in [3.8, 4) is 5.75 Å². The van der Waals surface area contributed by atoms with Crippen molar-refractivity contribution in [3.05, 3.63) is 52.2 Å². The Kier molecular flexibility index (Phi) is 4.68. The monoisotopic (exact) mass is 289 g/mol. The molecule has 7 heteroatoms. The lowest BCUT2D eigenvalue weighted by atomic mass is 10.2. The molecule has 0 aliphatic rings. The zero-order chi connectivity index (χ0) is 15.2. The fourth-order valence-electron chi connectivity index (χ4n) is 1.75. The molecule has 1 aromatic carbocycles. The van der Waals surface area contributed by atoms with E-state index < -0.39 is 4.92 Å². The summed E-state index contributed by atoms with van der Waals surface area (Å²) in [6.45, 7) is 1.87. The van der Waals surface area contributed by atoms with Crippen molar-refractivity contribution in [1.82, 2.24) is 4.98 Å². The number of nitrogens with zero attached hydrogens (tertiary/aromatic N) is 2. The summed E-state index contributed by atoms with van der Waals surface area (Å²) in [5, 5.41) is 22.5. The highest BCUT2D eigenvalue weighted by atomic mass is 16.6. The molecule has 2 aromatic rings. The van der Waals surface area contributed by atoms with Gasteiger partial charge in [0.2, 0.25) is 0 Å². The zero-order valence-corrected chi connectivity index (χ0v) is 11.4. The third-order valence-corrected chi connectivity index (χ3v) is 2.77. The van der Waals surface area contributed by atoms with Crippen molar-refractivity contribution >= 4 is 17.2 Å². The first-order valence-corrected chi connectivity index (χ1v) is 6.32. The predicted octanol–water partition coefficient (Wildman–Crippen LogP) is 2.41. The molecule has 21 heavy (non-hydrogen) atoms. The average Bonchev–Trinajstić information content (AvgIpc) is 2.46. The molecule has 2 N–H and O–H groups in total. The molecule has 1 aromatic heterocycles. The second kappa shape index (κ2) is 6.67. The van der Waals surface area contributed by atoms with E-state index in [4.69, 9.17) is 9.84 Å². The highest BCUT2D eigenvalue weighted by molar-refractivity contribution is 5.59. The van der Waals surface area contributed by atoms with E-state index in [2.05, 4.69) is 10.3 Å². The SMILES string of the molecule is Cc1cc(Nc2ccc(OCCO)cc2)ncc1[N+](=O)[O-]. The van der Waals surface area contributed by atoms with Gasteiger partial charge in [-0.25, -0.2) is 4.98 Å². The van der Waals surface area contributed by atoms with E-state index in [1.807, 2.05) is 0 Å². The van der Waals surface area contributed by atoms with Gasteiger partial charge in [0, 0.05) is 11.3 Å². The second-order valence-electron chi connectivity index (χ2n) is 4.33. The van der Waals surface area contributed by atoms with E-state index in [1.54, 1.807) is 37.3 Å². The Hall–Kier alpha value is -2.67. The smallest absolute Gasteiger partial charge is 0.290 e. The summed E-state index contributed by atoms with van der Waals surface area (Å²) in [6.07, 6.45) is 1.23. The van der Waals surface area contributed by atoms with Crippen LogP contribution in [-0.4, -0.2) is 28.2 Å². The normalized spacial score (nSPS) is 10.2. The molecule has 110 valence electrons. The highest BCUT2D eigenvalue weighted by Gasteiger charge is 2.11. The fourth-order valence-corrected chi connectivity index (χ4v) is 1.75. The number of nitro groups is 1. The summed E-state index contributed by atoms with van der Waals surface area (Å²) >= 11 is 0. The maximum Gasteiger partial charge on any atom is 0.290 e. The van der Waals surface area contributed by atoms with Gasteiger partial charge in [0.1, 0.15) is 24.4 Å². The van der Waals surface area contributed by atoms with Gasteiger partial charge in [0.15, 0.2) is 0 Å². The number of hydrogen-bond acceptors (Lipinski definition) is 6. The van der Waals surface area contributed by atoms with E-state index in [1.165, 1.54) is 6.20 Å². The van der Waals surface area contributed by atoms with E-state index >= 15 is 0 Å². The molecule has 0 aliphatic heterocycles. The molecular formula is C14H15N3O4. The van der Waals surface area contributed by atoms with Gasteiger partial charge in [-0.1, -0.05) is 0 Å². The molecule has 0 aliphatic carbocycles. The number of aromatic nitrogens is 1. The van der Waals surface area contributed by atoms with Crippen LogP contribution in [0.3, 0.4) is 0 Å². The van der Waals surface area contributed by atoms with Gasteiger partial charge in [-0.2, -0.15) is 0 Å². The molecule has 0 radical (unpaired) electrons. The van der Waals surface area contributed by atoms with Crippen LogP contribution in [0.15, 0.2) is 36.5 Å². The van der Waals surface area contributed by atoms with Crippen molar-refractivity contribution in [2.45, 2.75) is 6.92 Å². The number of anilines is 2. The third kappa shape index (κ3) is 3.90. The number of hydrogen-bond donors (Lipinski definition) is 2. The molecule has 2 rings (SSSR count). The number of ether oxygens (including phenoxy) is 1. The van der Waals surface area contributed by atoms with Crippen molar-refractivity contribution in [1.29, 1.82) is 0 Å². The Labute approximate surface area is 121 Å². The Morgan fingerprint density at radius 3 is 2.67 bits per heavy atom. The van der Waals surface area contributed by atoms with Crippen molar-refractivity contribution in [2.75, 3.05) is 18.5 Å². The molecule has 0 bridgehead atoms. The lowest BCUT2D eigenvalue weighted by Crippen LogP contribution is -2.01. The molecule has 1 heterocycles. The molecule has 0 saturated carbocycles. The molecular weight excluding hydrogens is 274 g/mol. The Morgan fingerprint density at radius 1 is 1.38 bits per heavy atom. The fraction of sp³-hybridized carbons (Fsp3) is 0.214. The summed E-state index contributed by atoms with van der Waals surface area (Å²) in [6, 6.07) is 8.73. The first kappa shape index (κ1) is 14.7. The standard InChI is InChI=1S/C14H15N3O4/c1-10-8-14(15-9-13(10)17(19)20)16-11-2-4-12(5-3-11)21-7-6-18/h2-5,8-9,18H,6-7H2,1H3,(H,15,16). The molecule has 0 fully saturated rings. The van der Waals surface area contributed by atoms with Crippen LogP contribution in [0.2, 0.25) is 0 Å². The van der Waals surface area contributed by atoms with E-state index in [0.29, 0.717) is 17.1 Å². The third-order valence-electron chi connectivity index (χ3n) is 2.77. The van der Waals surface area contributed by atoms with Crippen molar-refractivity contribution in [2.24, 2.45) is 0 Å². The quantitative estimate of drug-likeness (QED) is 0.626. The van der Waals surface area contributed by atoms with Gasteiger partial charge in [-0.15, -0.1) is 0 Å². The van der Waals surface area contributed by atoms with E-state index in [0.717, 1.165) is 5.69 Å². The van der Waals surface area contributed by atoms with Gasteiger partial charge < -0.3 is 15.2 Å². The minimum absolute atomic E-state index is 0.00620. The summed E-state index contributed by atoms with van der Waals surface area (Å²) in [4.78, 5) is 14.3. The zero-order valence-electron chi connectivity index (χ0n) is 11.4. The summed E-state index contributed by atoms with van der Waals surface area (Å²) in [5.74, 6) is 1.18. The van der Waals surface area contributed by atoms with Gasteiger partial charge in [-0.05, 0) is 37.3 Å². The Morgan fingerprint density at radius 2 is 2.10 bits per heavy atom. The van der Waals surface area contributed by atoms with Crippen LogP contribution < -0.4 is 10.1 Å². The first-order chi connectivity index (χ1) is 10.1. The number of benzene rings is 1.